The fourth-order valence-corrected chi connectivity index (χ4v) is 7.87. The van der Waals surface area contributed by atoms with Crippen LogP contribution in [0, 0.1) is 11.8 Å². The molecule has 6 amide bonds. The Hall–Kier alpha value is -7.38. The number of imidazole rings is 1. The number of likely N-dealkylation sites (N-methyl/N-ethyl adjacent to an activating group) is 1. The van der Waals surface area contributed by atoms with E-state index in [1.807, 2.05) is 31.2 Å². The number of nitrogens with zero attached hydrogens (tertiary/aromatic N) is 3. The van der Waals surface area contributed by atoms with Crippen molar-refractivity contribution in [2.45, 2.75) is 109 Å². The predicted octanol–water partition coefficient (Wildman–Crippen LogP) is 1.24. The zero-order valence-corrected chi connectivity index (χ0v) is 39.2. The summed E-state index contributed by atoms with van der Waals surface area (Å²) in [5.74, 6) is -6.46. The molecular weight excluding hydrogens is 873 g/mol. The SMILES string of the molecule is CCCC[C@H](NC(C)=O)C(=O)N[C@@H](C)C(=O)N[C@@H](Cc1cnc[nH]1)C(=O)N[C@H](Cc1ccccc1)C(=O)C[C@@H](CCCN=C(N)N)C(=O)N(C)CC(=O)C[C@@H](Cc1c[nH]c2ccccc12)C(N)=O. The van der Waals surface area contributed by atoms with Crippen molar-refractivity contribution in [1.29, 1.82) is 0 Å². The Labute approximate surface area is 395 Å². The lowest BCUT2D eigenvalue weighted by molar-refractivity contribution is -0.140. The monoisotopic (exact) mass is 939 g/mol. The maximum Gasteiger partial charge on any atom is 0.243 e. The minimum absolute atomic E-state index is 0.0269. The third-order valence-corrected chi connectivity index (χ3v) is 11.5. The second-order valence-corrected chi connectivity index (χ2v) is 17.1. The fraction of sp³-hybridized carbons (Fsp3) is 0.458. The number of hydrogen-bond donors (Lipinski definition) is 9. The number of aliphatic imine (C=N–C) groups is 1. The minimum Gasteiger partial charge on any atom is -0.370 e. The Bertz CT molecular complexity index is 2360. The number of guanidine groups is 1. The molecule has 0 aliphatic heterocycles. The van der Waals surface area contributed by atoms with Crippen molar-refractivity contribution in [3.8, 4) is 0 Å². The highest BCUT2D eigenvalue weighted by atomic mass is 16.2. The van der Waals surface area contributed by atoms with Crippen LogP contribution in [0.25, 0.3) is 10.9 Å². The van der Waals surface area contributed by atoms with Gasteiger partial charge in [-0.3, -0.25) is 43.3 Å². The lowest BCUT2D eigenvalue weighted by Gasteiger charge is -2.27. The molecule has 6 atom stereocenters. The Morgan fingerprint density at radius 2 is 1.44 bits per heavy atom. The van der Waals surface area contributed by atoms with Crippen LogP contribution in [0.2, 0.25) is 0 Å². The van der Waals surface area contributed by atoms with E-state index < -0.39 is 83.0 Å². The lowest BCUT2D eigenvalue weighted by Crippen LogP contribution is -2.57. The number of carbonyl (C=O) groups excluding carboxylic acids is 8. The number of carbonyl (C=O) groups is 8. The number of Topliss-reactive ketones (excluding diaryl/α,β-unsaturated/α-hetero) is 2. The number of nitrogens with one attached hydrogen (secondary N) is 6. The van der Waals surface area contributed by atoms with Crippen molar-refractivity contribution in [3.63, 3.8) is 0 Å². The second kappa shape index (κ2) is 26.7. The van der Waals surface area contributed by atoms with Crippen molar-refractivity contribution in [3.05, 3.63) is 90.1 Å². The first-order valence-corrected chi connectivity index (χ1v) is 22.8. The molecule has 20 heteroatoms. The molecule has 12 N–H and O–H groups in total. The van der Waals surface area contributed by atoms with Gasteiger partial charge in [-0.1, -0.05) is 68.3 Å². The van der Waals surface area contributed by atoms with Gasteiger partial charge in [0.2, 0.25) is 35.4 Å². The number of fused-ring (bicyclic) bond motifs is 1. The molecule has 0 bridgehead atoms. The Balaban J connectivity index is 1.53. The molecule has 20 nitrogen and oxygen atoms in total. The maximum atomic E-state index is 14.5. The van der Waals surface area contributed by atoms with Crippen LogP contribution in [0.5, 0.6) is 0 Å². The van der Waals surface area contributed by atoms with E-state index in [9.17, 15) is 38.4 Å². The number of benzene rings is 2. The highest BCUT2D eigenvalue weighted by Crippen LogP contribution is 2.23. The molecule has 0 spiro atoms. The third kappa shape index (κ3) is 17.1. The van der Waals surface area contributed by atoms with E-state index in [-0.39, 0.29) is 57.6 Å². The van der Waals surface area contributed by atoms with Crippen LogP contribution >= 0.6 is 0 Å². The quantitative estimate of drug-likeness (QED) is 0.0212. The number of primary amides is 1. The van der Waals surface area contributed by atoms with Gasteiger partial charge in [-0.2, -0.15) is 0 Å². The van der Waals surface area contributed by atoms with Crippen molar-refractivity contribution in [2.75, 3.05) is 20.1 Å². The lowest BCUT2D eigenvalue weighted by atomic mass is 9.90. The number of para-hydroxylation sites is 1. The average molecular weight is 939 g/mol. The molecule has 2 aromatic heterocycles. The van der Waals surface area contributed by atoms with Gasteiger partial charge in [0.25, 0.3) is 0 Å². The summed E-state index contributed by atoms with van der Waals surface area (Å²) in [7, 11) is 1.44. The van der Waals surface area contributed by atoms with Gasteiger partial charge >= 0.3 is 0 Å². The number of aromatic amines is 2. The number of nitrogens with two attached hydrogens (primary N) is 3. The number of ketones is 2. The first-order valence-electron chi connectivity index (χ1n) is 22.8. The van der Waals surface area contributed by atoms with Crippen LogP contribution in [-0.4, -0.2) is 117 Å². The van der Waals surface area contributed by atoms with Crippen LogP contribution in [0.4, 0.5) is 0 Å². The molecule has 366 valence electrons. The molecule has 0 saturated carbocycles. The summed E-state index contributed by atoms with van der Waals surface area (Å²) in [6, 6.07) is 12.0. The summed E-state index contributed by atoms with van der Waals surface area (Å²) in [5.41, 5.74) is 19.7. The molecule has 4 aromatic rings. The molecular formula is C48H66N12O8. The van der Waals surface area contributed by atoms with Crippen molar-refractivity contribution in [2.24, 2.45) is 34.0 Å². The standard InChI is InChI=1S/C48H66N12O8/c1-5-6-17-39(57-30(3)61)45(66)56-29(2)44(65)59-41(24-35-26-52-28-55-35)46(67)58-40(20-31-13-8-7-9-14-31)42(63)23-32(15-12-19-53-48(50)51)47(68)60(4)27-36(62)22-33(43(49)64)21-34-25-54-38-18-11-10-16-37(34)38/h7-11,13-14,16,18,25-26,28-29,32-33,39-41,54H,5-6,12,15,17,19-24,27H2,1-4H3,(H2,49,64)(H,52,55)(H,56,66)(H,57,61)(H,58,67)(H,59,65)(H4,50,51,53)/t29-,32+,33+,39-,40+,41-/m0/s1. The van der Waals surface area contributed by atoms with E-state index in [2.05, 4.69) is 41.2 Å². The van der Waals surface area contributed by atoms with Gasteiger partial charge in [0.15, 0.2) is 17.5 Å². The molecule has 2 heterocycles. The predicted molar refractivity (Wildman–Crippen MR) is 256 cm³/mol. The van der Waals surface area contributed by atoms with E-state index >= 15 is 0 Å². The van der Waals surface area contributed by atoms with Gasteiger partial charge in [-0.25, -0.2) is 4.98 Å². The Kier molecular flexibility index (Phi) is 20.9. The number of aromatic nitrogens is 3. The fourth-order valence-electron chi connectivity index (χ4n) is 7.87. The van der Waals surface area contributed by atoms with Gasteiger partial charge in [0.05, 0.1) is 18.9 Å². The summed E-state index contributed by atoms with van der Waals surface area (Å²) >= 11 is 0. The molecule has 0 saturated heterocycles. The second-order valence-electron chi connectivity index (χ2n) is 17.1. The van der Waals surface area contributed by atoms with E-state index in [4.69, 9.17) is 17.2 Å². The Morgan fingerprint density at radius 3 is 2.10 bits per heavy atom. The molecule has 0 radical (unpaired) electrons. The van der Waals surface area contributed by atoms with Crippen molar-refractivity contribution >= 4 is 63.9 Å². The van der Waals surface area contributed by atoms with Gasteiger partial charge in [-0.15, -0.1) is 0 Å². The van der Waals surface area contributed by atoms with Crippen LogP contribution < -0.4 is 38.5 Å². The molecule has 2 aromatic carbocycles. The van der Waals surface area contributed by atoms with Gasteiger partial charge in [0, 0.05) is 80.6 Å². The summed E-state index contributed by atoms with van der Waals surface area (Å²) < 4.78 is 0. The summed E-state index contributed by atoms with van der Waals surface area (Å²) in [6.45, 7) is 4.48. The van der Waals surface area contributed by atoms with Crippen molar-refractivity contribution in [1.82, 2.24) is 41.1 Å². The zero-order valence-electron chi connectivity index (χ0n) is 39.2. The Morgan fingerprint density at radius 1 is 0.750 bits per heavy atom. The molecule has 0 unspecified atom stereocenters. The number of H-pyrrole nitrogens is 2. The van der Waals surface area contributed by atoms with Gasteiger partial charge < -0.3 is 53.3 Å². The van der Waals surface area contributed by atoms with E-state index in [1.54, 1.807) is 36.5 Å². The van der Waals surface area contributed by atoms with Gasteiger partial charge in [-0.05, 0) is 56.2 Å². The average Bonchev–Trinajstić information content (AvgIpc) is 3.97. The van der Waals surface area contributed by atoms with E-state index in [0.717, 1.165) is 22.9 Å². The summed E-state index contributed by atoms with van der Waals surface area (Å²) in [5, 5.41) is 11.7. The van der Waals surface area contributed by atoms with Gasteiger partial charge in [0.1, 0.15) is 18.1 Å². The molecule has 0 fully saturated rings. The minimum atomic E-state index is -1.27. The molecule has 0 aliphatic carbocycles. The number of unbranched alkanes of at least 4 members (excludes halogenated alkanes) is 1. The molecule has 0 aliphatic rings. The van der Waals surface area contributed by atoms with E-state index in [0.29, 0.717) is 30.5 Å². The largest absolute Gasteiger partial charge is 0.370 e. The topological polar surface area (TPSA) is 323 Å². The number of amides is 6. The first kappa shape index (κ1) is 53.2. The highest BCUT2D eigenvalue weighted by molar-refractivity contribution is 5.97. The van der Waals surface area contributed by atoms with Crippen molar-refractivity contribution < 1.29 is 38.4 Å². The number of rotatable bonds is 29. The first-order chi connectivity index (χ1) is 32.4. The van der Waals surface area contributed by atoms with Crippen LogP contribution in [0.1, 0.15) is 82.5 Å². The van der Waals surface area contributed by atoms with Crippen LogP contribution in [0.15, 0.2) is 78.3 Å². The third-order valence-electron chi connectivity index (χ3n) is 11.5. The maximum absolute atomic E-state index is 14.5. The van der Waals surface area contributed by atoms with E-state index in [1.165, 1.54) is 38.3 Å². The van der Waals surface area contributed by atoms with Crippen LogP contribution in [0.3, 0.4) is 0 Å². The summed E-state index contributed by atoms with van der Waals surface area (Å²) in [6.07, 6.45) is 6.49. The normalized spacial score (nSPS) is 13.7. The highest BCUT2D eigenvalue weighted by Gasteiger charge is 2.34. The van der Waals surface area contributed by atoms with Crippen LogP contribution in [-0.2, 0) is 57.6 Å². The number of hydrogen-bond acceptors (Lipinski definition) is 10. The molecule has 4 rings (SSSR count). The molecule has 68 heavy (non-hydrogen) atoms. The smallest absolute Gasteiger partial charge is 0.243 e. The zero-order chi connectivity index (χ0) is 49.8. The summed E-state index contributed by atoms with van der Waals surface area (Å²) in [4.78, 5) is 123.